The van der Waals surface area contributed by atoms with Crippen LogP contribution in [0.5, 0.6) is 11.5 Å². The molecule has 0 bridgehead atoms. The van der Waals surface area contributed by atoms with Gasteiger partial charge in [-0.2, -0.15) is 0 Å². The van der Waals surface area contributed by atoms with Crippen LogP contribution in [0.15, 0.2) is 24.3 Å². The molecule has 1 rings (SSSR count). The van der Waals surface area contributed by atoms with Crippen molar-refractivity contribution >= 4 is 5.97 Å². The highest BCUT2D eigenvalue weighted by Gasteiger charge is 2.36. The quantitative estimate of drug-likeness (QED) is 0.746. The maximum absolute atomic E-state index is 12.1. The smallest absolute Gasteiger partial charge is 0.329 e. The van der Waals surface area contributed by atoms with Gasteiger partial charge in [-0.1, -0.05) is 0 Å². The normalized spacial score (nSPS) is 13.6. The second kappa shape index (κ2) is 7.88. The van der Waals surface area contributed by atoms with Crippen LogP contribution in [0.25, 0.3) is 0 Å². The summed E-state index contributed by atoms with van der Waals surface area (Å²) in [6, 6.07) is 7.37. The Balaban J connectivity index is 2.73. The summed E-state index contributed by atoms with van der Waals surface area (Å²) in [6.45, 7) is 8.06. The lowest BCUT2D eigenvalue weighted by Crippen LogP contribution is -2.57. The minimum atomic E-state index is -0.885. The summed E-state index contributed by atoms with van der Waals surface area (Å²) in [5.74, 6) is 1.12. The molecule has 0 saturated heterocycles. The van der Waals surface area contributed by atoms with Gasteiger partial charge in [0.2, 0.25) is 0 Å². The van der Waals surface area contributed by atoms with Gasteiger partial charge in [0.05, 0.1) is 13.7 Å². The fourth-order valence-corrected chi connectivity index (χ4v) is 1.99. The minimum absolute atomic E-state index is 0.138. The van der Waals surface area contributed by atoms with Crippen molar-refractivity contribution in [1.29, 1.82) is 0 Å². The van der Waals surface area contributed by atoms with Crippen LogP contribution in [0, 0.1) is 0 Å². The Morgan fingerprint density at radius 1 is 1.24 bits per heavy atom. The monoisotopic (exact) mass is 295 g/mol. The highest BCUT2D eigenvalue weighted by Crippen LogP contribution is 2.19. The molecule has 118 valence electrons. The predicted molar refractivity (Wildman–Crippen MR) is 81.8 cm³/mol. The zero-order valence-electron chi connectivity index (χ0n) is 13.4. The molecule has 21 heavy (non-hydrogen) atoms. The molecular weight excluding hydrogens is 270 g/mol. The Labute approximate surface area is 126 Å². The summed E-state index contributed by atoms with van der Waals surface area (Å²) >= 11 is 0. The summed E-state index contributed by atoms with van der Waals surface area (Å²) in [4.78, 5) is 12.1. The highest BCUT2D eigenvalue weighted by molar-refractivity contribution is 5.80. The molecule has 1 unspecified atom stereocenters. The number of hydrogen-bond acceptors (Lipinski definition) is 5. The van der Waals surface area contributed by atoms with Crippen LogP contribution in [-0.4, -0.2) is 37.9 Å². The van der Waals surface area contributed by atoms with Crippen LogP contribution in [0.4, 0.5) is 0 Å². The molecule has 1 atom stereocenters. The van der Waals surface area contributed by atoms with Crippen molar-refractivity contribution in [2.24, 2.45) is 0 Å². The van der Waals surface area contributed by atoms with Crippen molar-refractivity contribution in [2.45, 2.75) is 39.3 Å². The second-order valence-electron chi connectivity index (χ2n) is 5.32. The van der Waals surface area contributed by atoms with Crippen molar-refractivity contribution in [3.63, 3.8) is 0 Å². The van der Waals surface area contributed by atoms with Crippen molar-refractivity contribution in [1.82, 2.24) is 5.32 Å². The number of carbonyl (C=O) groups excluding carboxylic acids is 1. The molecule has 0 amide bonds. The van der Waals surface area contributed by atoms with E-state index in [2.05, 4.69) is 5.32 Å². The lowest BCUT2D eigenvalue weighted by molar-refractivity contribution is -0.152. The molecule has 5 heteroatoms. The number of methoxy groups -OCH3 is 1. The SMILES string of the molecule is CCOC(=O)C(C)(COc1ccc(OC)cc1)NC(C)C. The third-order valence-corrected chi connectivity index (χ3v) is 2.92. The van der Waals surface area contributed by atoms with Gasteiger partial charge in [-0.25, -0.2) is 4.79 Å². The highest BCUT2D eigenvalue weighted by atomic mass is 16.5. The van der Waals surface area contributed by atoms with Gasteiger partial charge in [0.1, 0.15) is 23.6 Å². The van der Waals surface area contributed by atoms with Crippen molar-refractivity contribution in [3.05, 3.63) is 24.3 Å². The van der Waals surface area contributed by atoms with Gasteiger partial charge in [0.25, 0.3) is 0 Å². The van der Waals surface area contributed by atoms with Crippen LogP contribution in [0.1, 0.15) is 27.7 Å². The first-order chi connectivity index (χ1) is 9.91. The molecule has 5 nitrogen and oxygen atoms in total. The van der Waals surface area contributed by atoms with Gasteiger partial charge in [0, 0.05) is 6.04 Å². The van der Waals surface area contributed by atoms with Gasteiger partial charge in [-0.15, -0.1) is 0 Å². The summed E-state index contributed by atoms with van der Waals surface area (Å²) in [5, 5.41) is 3.21. The molecule has 0 radical (unpaired) electrons. The van der Waals surface area contributed by atoms with Gasteiger partial charge in [-0.05, 0) is 52.0 Å². The van der Waals surface area contributed by atoms with Crippen LogP contribution in [-0.2, 0) is 9.53 Å². The number of esters is 1. The number of rotatable bonds is 8. The Kier molecular flexibility index (Phi) is 6.49. The molecule has 0 fully saturated rings. The maximum atomic E-state index is 12.1. The fraction of sp³-hybridized carbons (Fsp3) is 0.562. The van der Waals surface area contributed by atoms with E-state index in [0.717, 1.165) is 5.75 Å². The molecule has 1 N–H and O–H groups in total. The summed E-state index contributed by atoms with van der Waals surface area (Å²) in [5.41, 5.74) is -0.885. The van der Waals surface area contributed by atoms with Crippen LogP contribution >= 0.6 is 0 Å². The Bertz CT molecular complexity index is 444. The van der Waals surface area contributed by atoms with Crippen LogP contribution in [0.2, 0.25) is 0 Å². The molecule has 1 aromatic rings. The van der Waals surface area contributed by atoms with Gasteiger partial charge < -0.3 is 14.2 Å². The first-order valence-electron chi connectivity index (χ1n) is 7.13. The molecule has 0 saturated carbocycles. The van der Waals surface area contributed by atoms with Gasteiger partial charge >= 0.3 is 5.97 Å². The van der Waals surface area contributed by atoms with E-state index in [4.69, 9.17) is 14.2 Å². The minimum Gasteiger partial charge on any atom is -0.497 e. The number of nitrogens with one attached hydrogen (secondary N) is 1. The summed E-state index contributed by atoms with van der Waals surface area (Å²) in [6.07, 6.45) is 0. The van der Waals surface area contributed by atoms with E-state index < -0.39 is 5.54 Å². The fourth-order valence-electron chi connectivity index (χ4n) is 1.99. The van der Waals surface area contributed by atoms with E-state index in [1.165, 1.54) is 0 Å². The standard InChI is InChI=1S/C16H25NO4/c1-6-20-15(18)16(4,17-12(2)3)11-21-14-9-7-13(19-5)8-10-14/h7-10,12,17H,6,11H2,1-5H3. The lowest BCUT2D eigenvalue weighted by Gasteiger charge is -2.30. The number of benzene rings is 1. The second-order valence-corrected chi connectivity index (χ2v) is 5.32. The average molecular weight is 295 g/mol. The largest absolute Gasteiger partial charge is 0.497 e. The van der Waals surface area contributed by atoms with Crippen LogP contribution < -0.4 is 14.8 Å². The van der Waals surface area contributed by atoms with Crippen molar-refractivity contribution in [2.75, 3.05) is 20.3 Å². The molecular formula is C16H25NO4. The lowest BCUT2D eigenvalue weighted by atomic mass is 10.0. The number of carbonyl (C=O) groups is 1. The zero-order chi connectivity index (χ0) is 15.9. The van der Waals surface area contributed by atoms with Crippen molar-refractivity contribution < 1.29 is 19.0 Å². The molecule has 0 aliphatic rings. The van der Waals surface area contributed by atoms with Gasteiger partial charge in [0.15, 0.2) is 0 Å². The molecule has 0 aliphatic heterocycles. The summed E-state index contributed by atoms with van der Waals surface area (Å²) < 4.78 is 15.9. The van der Waals surface area contributed by atoms with E-state index in [-0.39, 0.29) is 18.6 Å². The van der Waals surface area contributed by atoms with Crippen LogP contribution in [0.3, 0.4) is 0 Å². The van der Waals surface area contributed by atoms with E-state index in [1.54, 1.807) is 33.1 Å². The zero-order valence-corrected chi connectivity index (χ0v) is 13.4. The molecule has 1 aromatic carbocycles. The molecule has 0 heterocycles. The third-order valence-electron chi connectivity index (χ3n) is 2.92. The molecule has 0 aromatic heterocycles. The number of hydrogen-bond donors (Lipinski definition) is 1. The Hall–Kier alpha value is -1.75. The average Bonchev–Trinajstić information content (AvgIpc) is 2.45. The Morgan fingerprint density at radius 2 is 1.81 bits per heavy atom. The Morgan fingerprint density at radius 3 is 2.29 bits per heavy atom. The van der Waals surface area contributed by atoms with E-state index in [1.807, 2.05) is 26.0 Å². The van der Waals surface area contributed by atoms with E-state index in [9.17, 15) is 4.79 Å². The topological polar surface area (TPSA) is 56.8 Å². The molecule has 0 spiro atoms. The predicted octanol–water partition coefficient (Wildman–Crippen LogP) is 2.39. The van der Waals surface area contributed by atoms with E-state index in [0.29, 0.717) is 12.4 Å². The molecule has 0 aliphatic carbocycles. The first-order valence-corrected chi connectivity index (χ1v) is 7.13. The number of ether oxygens (including phenoxy) is 3. The first kappa shape index (κ1) is 17.3. The maximum Gasteiger partial charge on any atom is 0.329 e. The third kappa shape index (κ3) is 5.27. The van der Waals surface area contributed by atoms with Gasteiger partial charge in [-0.3, -0.25) is 5.32 Å². The van der Waals surface area contributed by atoms with E-state index >= 15 is 0 Å². The summed E-state index contributed by atoms with van der Waals surface area (Å²) in [7, 11) is 1.61. The van der Waals surface area contributed by atoms with Crippen molar-refractivity contribution in [3.8, 4) is 11.5 Å².